The van der Waals surface area contributed by atoms with Gasteiger partial charge < -0.3 is 10.5 Å². The van der Waals surface area contributed by atoms with Crippen LogP contribution in [0.1, 0.15) is 31.1 Å². The number of anilines is 1. The number of nitrogens with zero attached hydrogens (tertiary/aromatic N) is 1. The van der Waals surface area contributed by atoms with Gasteiger partial charge in [-0.2, -0.15) is 0 Å². The normalized spacial score (nSPS) is 11.2. The monoisotopic (exact) mass is 272 g/mol. The number of nitrogen functional groups attached to an aromatic ring is 1. The van der Waals surface area contributed by atoms with Gasteiger partial charge in [-0.05, 0) is 42.8 Å². The zero-order valence-electron chi connectivity index (χ0n) is 8.87. The second-order valence-corrected chi connectivity index (χ2v) is 4.95. The fourth-order valence-electron chi connectivity index (χ4n) is 0.944. The average molecular weight is 273 g/mol. The molecule has 1 aromatic heterocycles. The quantitative estimate of drug-likeness (QED) is 0.798. The van der Waals surface area contributed by atoms with E-state index < -0.39 is 11.6 Å². The first-order valence-electron chi connectivity index (χ1n) is 4.44. The van der Waals surface area contributed by atoms with Crippen molar-refractivity contribution in [2.24, 2.45) is 0 Å². The van der Waals surface area contributed by atoms with E-state index in [2.05, 4.69) is 20.9 Å². The molecule has 0 saturated heterocycles. The minimum absolute atomic E-state index is 0.291. The predicted molar refractivity (Wildman–Crippen MR) is 61.5 cm³/mol. The lowest BCUT2D eigenvalue weighted by molar-refractivity contribution is 0.00684. The van der Waals surface area contributed by atoms with Crippen LogP contribution in [0.4, 0.5) is 5.82 Å². The van der Waals surface area contributed by atoms with E-state index >= 15 is 0 Å². The molecule has 1 heterocycles. The van der Waals surface area contributed by atoms with E-state index in [9.17, 15) is 4.79 Å². The highest BCUT2D eigenvalue weighted by atomic mass is 79.9. The Hall–Kier alpha value is -1.10. The predicted octanol–water partition coefficient (Wildman–Crippen LogP) is 2.38. The van der Waals surface area contributed by atoms with Gasteiger partial charge in [-0.25, -0.2) is 9.78 Å². The Bertz CT molecular complexity index is 385. The molecule has 0 fully saturated rings. The summed E-state index contributed by atoms with van der Waals surface area (Å²) in [6.45, 7) is 5.43. The van der Waals surface area contributed by atoms with Crippen molar-refractivity contribution in [1.29, 1.82) is 0 Å². The Kier molecular flexibility index (Phi) is 3.34. The molecule has 0 bridgehead atoms. The van der Waals surface area contributed by atoms with Gasteiger partial charge in [0.1, 0.15) is 11.4 Å². The van der Waals surface area contributed by atoms with E-state index in [-0.39, 0.29) is 0 Å². The lowest BCUT2D eigenvalue weighted by Crippen LogP contribution is -2.24. The van der Waals surface area contributed by atoms with Gasteiger partial charge in [0.05, 0.1) is 10.0 Å². The second kappa shape index (κ2) is 4.18. The molecule has 0 amide bonds. The van der Waals surface area contributed by atoms with Gasteiger partial charge in [0, 0.05) is 6.20 Å². The fraction of sp³-hybridized carbons (Fsp3) is 0.400. The van der Waals surface area contributed by atoms with E-state index in [4.69, 9.17) is 10.5 Å². The molecule has 2 N–H and O–H groups in total. The number of hydrogen-bond acceptors (Lipinski definition) is 4. The molecule has 15 heavy (non-hydrogen) atoms. The first-order valence-corrected chi connectivity index (χ1v) is 5.23. The number of esters is 1. The summed E-state index contributed by atoms with van der Waals surface area (Å²) < 4.78 is 5.78. The van der Waals surface area contributed by atoms with Crippen molar-refractivity contribution in [2.45, 2.75) is 26.4 Å². The van der Waals surface area contributed by atoms with Crippen LogP contribution in [0.2, 0.25) is 0 Å². The van der Waals surface area contributed by atoms with Crippen LogP contribution in [0.25, 0.3) is 0 Å². The molecule has 0 radical (unpaired) electrons. The third-order valence-corrected chi connectivity index (χ3v) is 2.13. The summed E-state index contributed by atoms with van der Waals surface area (Å²) in [4.78, 5) is 15.5. The lowest BCUT2D eigenvalue weighted by atomic mass is 10.2. The average Bonchev–Trinajstić information content (AvgIpc) is 2.06. The first-order chi connectivity index (χ1) is 6.79. The highest BCUT2D eigenvalue weighted by Gasteiger charge is 2.20. The molecule has 4 nitrogen and oxygen atoms in total. The van der Waals surface area contributed by atoms with Crippen molar-refractivity contribution < 1.29 is 9.53 Å². The Morgan fingerprint density at radius 1 is 1.53 bits per heavy atom. The van der Waals surface area contributed by atoms with E-state index in [0.717, 1.165) is 0 Å². The lowest BCUT2D eigenvalue weighted by Gasteiger charge is -2.19. The zero-order valence-corrected chi connectivity index (χ0v) is 10.5. The molecule has 82 valence electrons. The number of carbonyl (C=O) groups is 1. The van der Waals surface area contributed by atoms with E-state index in [1.807, 2.05) is 20.8 Å². The molecule has 1 rings (SSSR count). The molecule has 0 aliphatic heterocycles. The molecule has 0 saturated carbocycles. The van der Waals surface area contributed by atoms with Crippen LogP contribution in [-0.2, 0) is 4.74 Å². The Labute approximate surface area is 97.0 Å². The minimum atomic E-state index is -0.519. The minimum Gasteiger partial charge on any atom is -0.456 e. The fourth-order valence-corrected chi connectivity index (χ4v) is 1.32. The summed E-state index contributed by atoms with van der Waals surface area (Å²) in [7, 11) is 0. The highest BCUT2D eigenvalue weighted by molar-refractivity contribution is 9.10. The molecule has 0 aliphatic carbocycles. The van der Waals surface area contributed by atoms with Crippen molar-refractivity contribution in [1.82, 2.24) is 4.98 Å². The number of carbonyl (C=O) groups excluding carboxylic acids is 1. The molecular weight excluding hydrogens is 260 g/mol. The van der Waals surface area contributed by atoms with Gasteiger partial charge in [-0.15, -0.1) is 0 Å². The highest BCUT2D eigenvalue weighted by Crippen LogP contribution is 2.20. The molecule has 1 aromatic rings. The van der Waals surface area contributed by atoms with Crippen LogP contribution in [-0.4, -0.2) is 16.6 Å². The van der Waals surface area contributed by atoms with Crippen LogP contribution < -0.4 is 5.73 Å². The first kappa shape index (κ1) is 12.0. The number of nitrogens with two attached hydrogens (primary N) is 1. The zero-order chi connectivity index (χ0) is 11.6. The molecule has 0 spiro atoms. The standard InChI is InChI=1S/C10H13BrN2O2/c1-10(2,3)15-9(14)6-4-8(12)13-5-7(6)11/h4-5H,1-3H3,(H2,12,13). The molecule has 0 aliphatic rings. The van der Waals surface area contributed by atoms with Gasteiger partial charge in [-0.3, -0.25) is 0 Å². The van der Waals surface area contributed by atoms with Gasteiger partial charge in [0.25, 0.3) is 0 Å². The number of hydrogen-bond donors (Lipinski definition) is 1. The van der Waals surface area contributed by atoms with Gasteiger partial charge in [-0.1, -0.05) is 0 Å². The maximum atomic E-state index is 11.7. The number of aromatic nitrogens is 1. The van der Waals surface area contributed by atoms with E-state index in [1.165, 1.54) is 12.3 Å². The second-order valence-electron chi connectivity index (χ2n) is 4.09. The summed E-state index contributed by atoms with van der Waals surface area (Å²) >= 11 is 3.22. The smallest absolute Gasteiger partial charge is 0.339 e. The Morgan fingerprint density at radius 2 is 2.13 bits per heavy atom. The van der Waals surface area contributed by atoms with E-state index in [1.54, 1.807) is 0 Å². The number of pyridine rings is 1. The van der Waals surface area contributed by atoms with Crippen molar-refractivity contribution in [3.8, 4) is 0 Å². The number of rotatable bonds is 1. The van der Waals surface area contributed by atoms with E-state index in [0.29, 0.717) is 15.9 Å². The summed E-state index contributed by atoms with van der Waals surface area (Å²) in [6, 6.07) is 1.48. The van der Waals surface area contributed by atoms with Crippen LogP contribution >= 0.6 is 15.9 Å². The third-order valence-electron chi connectivity index (χ3n) is 1.50. The summed E-state index contributed by atoms with van der Waals surface area (Å²) in [5.41, 5.74) is 5.36. The van der Waals surface area contributed by atoms with Gasteiger partial charge in [0.15, 0.2) is 0 Å². The molecular formula is C10H13BrN2O2. The Balaban J connectivity index is 2.96. The van der Waals surface area contributed by atoms with Crippen LogP contribution in [0.5, 0.6) is 0 Å². The summed E-state index contributed by atoms with van der Waals surface area (Å²) in [6.07, 6.45) is 1.48. The third kappa shape index (κ3) is 3.51. The topological polar surface area (TPSA) is 65.2 Å². The maximum Gasteiger partial charge on any atom is 0.339 e. The largest absolute Gasteiger partial charge is 0.456 e. The van der Waals surface area contributed by atoms with Gasteiger partial charge in [0.2, 0.25) is 0 Å². The molecule has 5 heteroatoms. The molecule has 0 atom stereocenters. The Morgan fingerprint density at radius 3 is 2.67 bits per heavy atom. The van der Waals surface area contributed by atoms with Crippen molar-refractivity contribution >= 4 is 27.7 Å². The van der Waals surface area contributed by atoms with Crippen LogP contribution in [0, 0.1) is 0 Å². The van der Waals surface area contributed by atoms with Crippen molar-refractivity contribution in [3.63, 3.8) is 0 Å². The number of halogens is 1. The van der Waals surface area contributed by atoms with Crippen molar-refractivity contribution in [2.75, 3.05) is 5.73 Å². The van der Waals surface area contributed by atoms with Crippen molar-refractivity contribution in [3.05, 3.63) is 22.3 Å². The van der Waals surface area contributed by atoms with Crippen LogP contribution in [0.15, 0.2) is 16.7 Å². The van der Waals surface area contributed by atoms with Crippen LogP contribution in [0.3, 0.4) is 0 Å². The molecule has 0 aromatic carbocycles. The summed E-state index contributed by atoms with van der Waals surface area (Å²) in [5.74, 6) is -0.123. The SMILES string of the molecule is CC(C)(C)OC(=O)c1cc(N)ncc1Br. The summed E-state index contributed by atoms with van der Waals surface area (Å²) in [5, 5.41) is 0. The maximum absolute atomic E-state index is 11.7. The van der Waals surface area contributed by atoms with Gasteiger partial charge >= 0.3 is 5.97 Å². The molecule has 0 unspecified atom stereocenters. The number of ether oxygens (including phenoxy) is 1.